The maximum Gasteiger partial charge on any atom is 0.363 e. The first-order valence-electron chi connectivity index (χ1n) is 9.14. The molecule has 0 spiro atoms. The van der Waals surface area contributed by atoms with Gasteiger partial charge >= 0.3 is 5.97 Å². The van der Waals surface area contributed by atoms with Gasteiger partial charge in [0.25, 0.3) is 11.8 Å². The molecule has 1 fully saturated rings. The summed E-state index contributed by atoms with van der Waals surface area (Å²) in [7, 11) is 0. The number of hydroxylamine groups is 2. The number of rotatable bonds is 4. The van der Waals surface area contributed by atoms with E-state index in [1.165, 1.54) is 12.1 Å². The van der Waals surface area contributed by atoms with Gasteiger partial charge in [0.15, 0.2) is 6.10 Å². The lowest BCUT2D eigenvalue weighted by Crippen LogP contribution is -2.51. The summed E-state index contributed by atoms with van der Waals surface area (Å²) in [5.74, 6) is -2.03. The molecule has 2 amide bonds. The predicted octanol–water partition coefficient (Wildman–Crippen LogP) is 2.03. The Morgan fingerprint density at radius 3 is 2.25 bits per heavy atom. The van der Waals surface area contributed by atoms with Gasteiger partial charge in [-0.15, -0.1) is 0 Å². The number of benzene rings is 2. The second kappa shape index (κ2) is 7.53. The summed E-state index contributed by atoms with van der Waals surface area (Å²) in [5.41, 5.74) is 1.58. The van der Waals surface area contributed by atoms with E-state index in [-0.39, 0.29) is 17.2 Å². The number of morpholine rings is 1. The largest absolute Gasteiger partial charge is 0.363 e. The molecule has 7 heteroatoms. The highest BCUT2D eigenvalue weighted by atomic mass is 16.7. The molecule has 2 atom stereocenters. The Kier molecular flexibility index (Phi) is 4.93. The summed E-state index contributed by atoms with van der Waals surface area (Å²) in [6, 6.07) is 16.3. The maximum atomic E-state index is 12.6. The lowest BCUT2D eigenvalue weighted by atomic mass is 10.1. The molecule has 2 aromatic rings. The summed E-state index contributed by atoms with van der Waals surface area (Å²) >= 11 is 0. The van der Waals surface area contributed by atoms with Crippen LogP contribution in [0.5, 0.6) is 0 Å². The lowest BCUT2D eigenvalue weighted by Gasteiger charge is -2.35. The first-order chi connectivity index (χ1) is 13.5. The first-order valence-corrected chi connectivity index (χ1v) is 9.14. The SMILES string of the molecule is C[C@@H]1CN(Cc2ccccc2)C[C@H](C(=O)ON2C(=O)c3ccccc3C2=O)O1. The van der Waals surface area contributed by atoms with Crippen molar-refractivity contribution < 1.29 is 24.0 Å². The number of hydrogen-bond acceptors (Lipinski definition) is 6. The first kappa shape index (κ1) is 18.3. The zero-order valence-corrected chi connectivity index (χ0v) is 15.4. The van der Waals surface area contributed by atoms with Gasteiger partial charge in [0.1, 0.15) is 0 Å². The maximum absolute atomic E-state index is 12.6. The fraction of sp³-hybridized carbons (Fsp3) is 0.286. The molecule has 0 aromatic heterocycles. The molecule has 1 saturated heterocycles. The van der Waals surface area contributed by atoms with E-state index in [0.717, 1.165) is 5.56 Å². The molecule has 144 valence electrons. The average Bonchev–Trinajstić information content (AvgIpc) is 2.93. The van der Waals surface area contributed by atoms with Crippen LogP contribution in [-0.2, 0) is 20.9 Å². The molecular weight excluding hydrogens is 360 g/mol. The topological polar surface area (TPSA) is 76.2 Å². The van der Waals surface area contributed by atoms with Gasteiger partial charge in [-0.3, -0.25) is 14.5 Å². The third kappa shape index (κ3) is 3.54. The molecule has 2 aromatic carbocycles. The zero-order valence-electron chi connectivity index (χ0n) is 15.4. The fourth-order valence-corrected chi connectivity index (χ4v) is 3.54. The van der Waals surface area contributed by atoms with E-state index in [2.05, 4.69) is 4.90 Å². The summed E-state index contributed by atoms with van der Waals surface area (Å²) in [4.78, 5) is 44.6. The minimum atomic E-state index is -0.878. The van der Waals surface area contributed by atoms with E-state index >= 15 is 0 Å². The van der Waals surface area contributed by atoms with Crippen LogP contribution >= 0.6 is 0 Å². The van der Waals surface area contributed by atoms with Crippen LogP contribution in [0.25, 0.3) is 0 Å². The molecule has 0 bridgehead atoms. The van der Waals surface area contributed by atoms with Crippen LogP contribution in [-0.4, -0.2) is 53.0 Å². The van der Waals surface area contributed by atoms with Gasteiger partial charge in [-0.1, -0.05) is 47.5 Å². The fourth-order valence-electron chi connectivity index (χ4n) is 3.54. The highest BCUT2D eigenvalue weighted by Gasteiger charge is 2.41. The Bertz CT molecular complexity index is 879. The third-order valence-corrected chi connectivity index (χ3v) is 4.79. The molecule has 0 saturated carbocycles. The van der Waals surface area contributed by atoms with Gasteiger partial charge in [-0.2, -0.15) is 0 Å². The smallest absolute Gasteiger partial charge is 0.361 e. The van der Waals surface area contributed by atoms with Crippen molar-refractivity contribution in [1.82, 2.24) is 9.96 Å². The number of carbonyl (C=O) groups excluding carboxylic acids is 3. The number of imide groups is 1. The number of amides is 2. The van der Waals surface area contributed by atoms with Crippen molar-refractivity contribution in [3.8, 4) is 0 Å². The molecule has 2 aliphatic rings. The Balaban J connectivity index is 1.43. The summed E-state index contributed by atoms with van der Waals surface area (Å²) < 4.78 is 5.71. The van der Waals surface area contributed by atoms with Crippen LogP contribution in [0.1, 0.15) is 33.2 Å². The van der Waals surface area contributed by atoms with Crippen molar-refractivity contribution in [2.45, 2.75) is 25.7 Å². The van der Waals surface area contributed by atoms with E-state index in [9.17, 15) is 14.4 Å². The van der Waals surface area contributed by atoms with Crippen LogP contribution in [0.2, 0.25) is 0 Å². The van der Waals surface area contributed by atoms with Gasteiger partial charge in [0.05, 0.1) is 17.2 Å². The summed E-state index contributed by atoms with van der Waals surface area (Å²) in [6.07, 6.45) is -1.06. The molecule has 2 heterocycles. The van der Waals surface area contributed by atoms with Crippen molar-refractivity contribution in [3.63, 3.8) is 0 Å². The molecule has 28 heavy (non-hydrogen) atoms. The Morgan fingerprint density at radius 2 is 1.61 bits per heavy atom. The molecule has 0 radical (unpaired) electrons. The van der Waals surface area contributed by atoms with Gasteiger partial charge in [-0.25, -0.2) is 4.79 Å². The zero-order chi connectivity index (χ0) is 19.7. The number of ether oxygens (including phenoxy) is 1. The van der Waals surface area contributed by atoms with Gasteiger partial charge in [0, 0.05) is 19.6 Å². The van der Waals surface area contributed by atoms with E-state index in [1.807, 2.05) is 37.3 Å². The Labute approximate surface area is 162 Å². The number of carbonyl (C=O) groups is 3. The van der Waals surface area contributed by atoms with Crippen LogP contribution in [0, 0.1) is 0 Å². The second-order valence-corrected chi connectivity index (χ2v) is 6.98. The highest BCUT2D eigenvalue weighted by Crippen LogP contribution is 2.24. The van der Waals surface area contributed by atoms with E-state index < -0.39 is 23.9 Å². The predicted molar refractivity (Wildman–Crippen MR) is 99.1 cm³/mol. The molecular formula is C21H20N2O5. The van der Waals surface area contributed by atoms with Crippen LogP contribution < -0.4 is 0 Å². The molecule has 2 aliphatic heterocycles. The highest BCUT2D eigenvalue weighted by molar-refractivity contribution is 6.20. The quantitative estimate of drug-likeness (QED) is 0.756. The van der Waals surface area contributed by atoms with Gasteiger partial charge < -0.3 is 9.57 Å². The Morgan fingerprint density at radius 1 is 1.00 bits per heavy atom. The van der Waals surface area contributed by atoms with Crippen LogP contribution in [0.15, 0.2) is 54.6 Å². The van der Waals surface area contributed by atoms with Crippen LogP contribution in [0.4, 0.5) is 0 Å². The summed E-state index contributed by atoms with van der Waals surface area (Å²) in [5, 5.41) is 0.525. The van der Waals surface area contributed by atoms with Crippen molar-refractivity contribution in [2.24, 2.45) is 0 Å². The normalized spacial score (nSPS) is 22.2. The van der Waals surface area contributed by atoms with E-state index in [1.54, 1.807) is 12.1 Å². The number of hydrogen-bond donors (Lipinski definition) is 0. The third-order valence-electron chi connectivity index (χ3n) is 4.79. The molecule has 7 nitrogen and oxygen atoms in total. The summed E-state index contributed by atoms with van der Waals surface area (Å²) in [6.45, 7) is 3.54. The monoisotopic (exact) mass is 380 g/mol. The van der Waals surface area contributed by atoms with E-state index in [0.29, 0.717) is 24.7 Å². The Hall–Kier alpha value is -3.03. The van der Waals surface area contributed by atoms with Gasteiger partial charge in [0.2, 0.25) is 0 Å². The average molecular weight is 380 g/mol. The van der Waals surface area contributed by atoms with Crippen molar-refractivity contribution in [3.05, 3.63) is 71.3 Å². The van der Waals surface area contributed by atoms with Crippen molar-refractivity contribution in [2.75, 3.05) is 13.1 Å². The minimum Gasteiger partial charge on any atom is -0.361 e. The van der Waals surface area contributed by atoms with E-state index in [4.69, 9.17) is 9.57 Å². The van der Waals surface area contributed by atoms with Gasteiger partial charge in [-0.05, 0) is 24.6 Å². The second-order valence-electron chi connectivity index (χ2n) is 6.98. The van der Waals surface area contributed by atoms with Crippen LogP contribution in [0.3, 0.4) is 0 Å². The van der Waals surface area contributed by atoms with Crippen molar-refractivity contribution in [1.29, 1.82) is 0 Å². The molecule has 0 aliphatic carbocycles. The minimum absolute atomic E-state index is 0.183. The standard InChI is InChI=1S/C21H20N2O5/c1-14-11-22(12-15-7-3-2-4-8-15)13-18(27-14)21(26)28-23-19(24)16-9-5-6-10-17(16)20(23)25/h2-10,14,18H,11-13H2,1H3/t14-,18-/m1/s1. The number of nitrogens with zero attached hydrogens (tertiary/aromatic N) is 2. The molecule has 0 unspecified atom stereocenters. The molecule has 4 rings (SSSR count). The van der Waals surface area contributed by atoms with Crippen molar-refractivity contribution >= 4 is 17.8 Å². The molecule has 0 N–H and O–H groups in total. The number of fused-ring (bicyclic) bond motifs is 1. The lowest BCUT2D eigenvalue weighted by molar-refractivity contribution is -0.192.